The van der Waals surface area contributed by atoms with E-state index in [1.165, 1.54) is 26.0 Å². The van der Waals surface area contributed by atoms with Crippen LogP contribution in [0.25, 0.3) is 0 Å². The van der Waals surface area contributed by atoms with Crippen LogP contribution in [0.2, 0.25) is 0 Å². The Bertz CT molecular complexity index is 3680. The highest BCUT2D eigenvalue weighted by Crippen LogP contribution is 2.64. The number of esters is 5. The van der Waals surface area contributed by atoms with E-state index in [1.54, 1.807) is 61.1 Å². The first kappa shape index (κ1) is 92.7. The summed E-state index contributed by atoms with van der Waals surface area (Å²) in [6.07, 6.45) is 13.9. The zero-order valence-corrected chi connectivity index (χ0v) is 71.2. The quantitative estimate of drug-likeness (QED) is 0.0316. The number of fused-ring (bicyclic) bond motifs is 7. The van der Waals surface area contributed by atoms with Crippen LogP contribution < -0.4 is 0 Å². The number of Topliss-reactive ketones (excluding diaryl/α,β-unsaturated/α-hetero) is 4. The molecular weight excluding hydrogens is 1460 g/mol. The summed E-state index contributed by atoms with van der Waals surface area (Å²) in [5.74, 6) is -11.2. The molecule has 25 heteroatoms. The second-order valence-corrected chi connectivity index (χ2v) is 34.8. The molecule has 25 nitrogen and oxygen atoms in total. The van der Waals surface area contributed by atoms with Gasteiger partial charge in [-0.2, -0.15) is 0 Å². The van der Waals surface area contributed by atoms with Crippen LogP contribution in [-0.2, 0) is 95.3 Å². The van der Waals surface area contributed by atoms with Crippen LogP contribution in [0.15, 0.2) is 81.7 Å². The topological polar surface area (TPSA) is 313 Å². The molecule has 2 unspecified atom stereocenters. The highest BCUT2D eigenvalue weighted by atomic mass is 16.6. The number of ether oxygens (including phenoxy) is 10. The van der Waals surface area contributed by atoms with Crippen molar-refractivity contribution in [2.24, 2.45) is 52.3 Å². The fraction of sp³-hybridized carbons (Fsp3) is 0.730. The first-order chi connectivity index (χ1) is 54.0. The van der Waals surface area contributed by atoms with Crippen molar-refractivity contribution in [3.8, 4) is 0 Å². The number of ketones is 4. The Balaban J connectivity index is 0.888. The molecule has 5 fully saturated rings. The molecule has 4 heterocycles. The zero-order valence-electron chi connectivity index (χ0n) is 71.2. The lowest BCUT2D eigenvalue weighted by Crippen LogP contribution is -2.61. The number of piperidine rings is 1. The maximum atomic E-state index is 15.1. The summed E-state index contributed by atoms with van der Waals surface area (Å²) < 4.78 is 60.8. The number of hydrogen-bond acceptors (Lipinski definition) is 24. The van der Waals surface area contributed by atoms with Crippen molar-refractivity contribution in [2.45, 2.75) is 290 Å². The van der Waals surface area contributed by atoms with Gasteiger partial charge in [0.05, 0.1) is 42.0 Å². The number of unbranched alkanes of at least 4 members (excludes halogenated alkanes) is 3. The number of allylic oxidation sites excluding steroid dienone is 8. The van der Waals surface area contributed by atoms with Crippen LogP contribution in [0.4, 0.5) is 0 Å². The molecule has 1 amide bonds. The molecule has 2 N–H and O–H groups in total. The Morgan fingerprint density at radius 2 is 1.46 bits per heavy atom. The Morgan fingerprint density at radius 3 is 2.11 bits per heavy atom. The summed E-state index contributed by atoms with van der Waals surface area (Å²) in [5.41, 5.74) is 1.53. The minimum absolute atomic E-state index is 0.0213. The molecule has 636 valence electrons. The summed E-state index contributed by atoms with van der Waals surface area (Å²) >= 11 is 0. The van der Waals surface area contributed by atoms with Crippen molar-refractivity contribution in [3.05, 3.63) is 81.7 Å². The van der Waals surface area contributed by atoms with E-state index in [-0.39, 0.29) is 110 Å². The maximum Gasteiger partial charge on any atom is 0.340 e. The molecule has 8 aliphatic rings. The lowest BCUT2D eigenvalue weighted by molar-refractivity contribution is -0.265. The molecule has 4 aliphatic heterocycles. The molecule has 114 heavy (non-hydrogen) atoms. The van der Waals surface area contributed by atoms with Crippen LogP contribution in [0.5, 0.6) is 0 Å². The number of cyclic esters (lactones) is 2. The normalized spacial score (nSPS) is 34.7. The van der Waals surface area contributed by atoms with Gasteiger partial charge in [-0.3, -0.25) is 38.4 Å². The predicted molar refractivity (Wildman–Crippen MR) is 426 cm³/mol. The van der Waals surface area contributed by atoms with Crippen LogP contribution in [0.1, 0.15) is 217 Å². The number of nitrogens with zero attached hydrogens (tertiary/aromatic N) is 3. The molecule has 0 spiro atoms. The largest absolute Gasteiger partial charge is 0.462 e. The van der Waals surface area contributed by atoms with E-state index in [0.717, 1.165) is 18.5 Å². The van der Waals surface area contributed by atoms with Gasteiger partial charge in [-0.05, 0) is 197 Å². The Kier molecular flexibility index (Phi) is 33.7. The lowest BCUT2D eigenvalue weighted by Gasteiger charge is -2.54. The number of aliphatic hydroxyl groups is 2. The number of rotatable bonds is 23. The molecular formula is C89H133N3O22. The van der Waals surface area contributed by atoms with Crippen molar-refractivity contribution in [3.63, 3.8) is 0 Å². The fourth-order valence-electron chi connectivity index (χ4n) is 19.3. The molecule has 0 aromatic rings. The molecule has 3 saturated heterocycles. The van der Waals surface area contributed by atoms with E-state index in [4.69, 9.17) is 47.4 Å². The highest BCUT2D eigenvalue weighted by molar-refractivity contribution is 6.39. The SMILES string of the molecule is COC[C@H]1OC(=O)C(=CN(C)CCCN(C)C)C2=C(C)C(=O)C3=C([C@H](OC(C)=O)C[C@@]4(C)C3CC[C@@H]4OC(=O)CCCCCCC(=O)O[C@@H]3CC[C@@H](C[C@@H](C)[C@@H]4CC(=O)C(C)=CC(C)[C@@H](O)[C@@H](OC)C(=O)[C@H](C)C[C@H](C)C=CC=CC=C(C)[C@@H](OC)C[C@@H]5CC[C@@H](C)[C@@](O)(O5)C(=O)C(=O)N5CCCC[C@H]5C(=O)O4)C[C@H]3OC)[C@]21C. The summed E-state index contributed by atoms with van der Waals surface area (Å²) in [4.78, 5) is 147. The van der Waals surface area contributed by atoms with Gasteiger partial charge >= 0.3 is 29.8 Å². The number of hydrogen-bond donors (Lipinski definition) is 2. The van der Waals surface area contributed by atoms with Gasteiger partial charge < -0.3 is 72.3 Å². The van der Waals surface area contributed by atoms with Gasteiger partial charge in [-0.1, -0.05) is 90.8 Å². The number of amides is 1. The van der Waals surface area contributed by atoms with Crippen molar-refractivity contribution >= 4 is 58.9 Å². The molecule has 4 aliphatic carbocycles. The Morgan fingerprint density at radius 1 is 0.754 bits per heavy atom. The fourth-order valence-corrected chi connectivity index (χ4v) is 19.3. The molecule has 21 atom stereocenters. The van der Waals surface area contributed by atoms with E-state index in [1.807, 2.05) is 91.0 Å². The van der Waals surface area contributed by atoms with Gasteiger partial charge in [0.15, 0.2) is 17.3 Å². The summed E-state index contributed by atoms with van der Waals surface area (Å²) in [6.45, 7) is 21.1. The molecule has 0 aromatic carbocycles. The minimum atomic E-state index is -2.50. The van der Waals surface area contributed by atoms with Crippen LogP contribution in [0, 0.1) is 52.3 Å². The van der Waals surface area contributed by atoms with Gasteiger partial charge in [0, 0.05) is 122 Å². The summed E-state index contributed by atoms with van der Waals surface area (Å²) in [7, 11) is 11.9. The Hall–Kier alpha value is -6.84. The van der Waals surface area contributed by atoms with E-state index in [2.05, 4.69) is 4.90 Å². The number of carbonyl (C=O) groups excluding carboxylic acids is 10. The van der Waals surface area contributed by atoms with E-state index < -0.39 is 137 Å². The van der Waals surface area contributed by atoms with Gasteiger partial charge in [0.2, 0.25) is 5.79 Å². The average molecular weight is 1600 g/mol. The number of carbonyl (C=O) groups is 10. The highest BCUT2D eigenvalue weighted by Gasteiger charge is 2.65. The zero-order chi connectivity index (χ0) is 83.8. The molecule has 2 bridgehead atoms. The van der Waals surface area contributed by atoms with Gasteiger partial charge in [-0.25, -0.2) is 9.59 Å². The first-order valence-corrected chi connectivity index (χ1v) is 41.8. The predicted octanol–water partition coefficient (Wildman–Crippen LogP) is 11.3. The molecule has 8 rings (SSSR count). The van der Waals surface area contributed by atoms with E-state index in [0.29, 0.717) is 125 Å². The lowest BCUT2D eigenvalue weighted by atomic mass is 9.52. The molecule has 0 radical (unpaired) electrons. The third-order valence-corrected chi connectivity index (χ3v) is 25.9. The maximum absolute atomic E-state index is 15.1. The monoisotopic (exact) mass is 1600 g/mol. The number of aliphatic hydroxyl groups excluding tert-OH is 1. The standard InChI is InChI=1S/C89H133N3O22/c1-52-29-22-21-23-30-53(2)68(106-16)47-62-36-34-58(7)89(104,114-62)83(100)84(101)92-42-27-26-31-65(92)86(103)111-69(48-66(94)54(3)44-57(6)80(98)82(108-18)79(97)56(5)43-52)55(4)45-61-35-38-67(70(46-61)107-17)110-74(95)32-24-19-20-25-33-75(96)112-72-39-37-64-76-78(71(109-60(9)93)49-87(64,72)10)88(11)73(51-105-15)113-85(102)63(77(88)59(8)81(76)99)50-91(14)41-28-40-90(12)13/h21-23,29-30,44,50,52,55-58,61-62,64-65,67-73,80,82,98,104H,19-20,24-28,31-43,45-49,51H2,1-18H3/t52-,55-,56-,57?,58-,61+,62+,64?,65+,67-,68+,69+,70-,71-,72+,73-,80-,82+,87+,88+,89-/m1/s1. The van der Waals surface area contributed by atoms with Crippen LogP contribution >= 0.6 is 0 Å². The second kappa shape index (κ2) is 41.5. The Labute approximate surface area is 676 Å². The first-order valence-electron chi connectivity index (χ1n) is 41.8. The van der Waals surface area contributed by atoms with Gasteiger partial charge in [-0.15, -0.1) is 0 Å². The van der Waals surface area contributed by atoms with Crippen molar-refractivity contribution in [1.82, 2.24) is 14.7 Å². The smallest absolute Gasteiger partial charge is 0.340 e. The van der Waals surface area contributed by atoms with Crippen LogP contribution in [0.3, 0.4) is 0 Å². The van der Waals surface area contributed by atoms with E-state index >= 15 is 4.79 Å². The summed E-state index contributed by atoms with van der Waals surface area (Å²) in [5, 5.41) is 23.9. The third kappa shape index (κ3) is 22.1. The van der Waals surface area contributed by atoms with Gasteiger partial charge in [0.1, 0.15) is 42.7 Å². The van der Waals surface area contributed by atoms with Crippen molar-refractivity contribution in [2.75, 3.05) is 75.8 Å². The van der Waals surface area contributed by atoms with Gasteiger partial charge in [0.25, 0.3) is 11.7 Å². The van der Waals surface area contributed by atoms with Crippen LogP contribution in [-0.4, -0.2) is 232 Å². The van der Waals surface area contributed by atoms with E-state index in [9.17, 15) is 53.4 Å². The summed E-state index contributed by atoms with van der Waals surface area (Å²) in [6, 6.07) is -1.23. The molecule has 0 aromatic heterocycles. The number of methoxy groups -OCH3 is 4. The third-order valence-electron chi connectivity index (χ3n) is 25.9. The average Bonchev–Trinajstić information content (AvgIpc) is 1.22. The second-order valence-electron chi connectivity index (χ2n) is 34.8. The van der Waals surface area contributed by atoms with Crippen molar-refractivity contribution in [1.29, 1.82) is 0 Å². The minimum Gasteiger partial charge on any atom is -0.462 e. The van der Waals surface area contributed by atoms with Crippen molar-refractivity contribution < 1.29 is 106 Å². The molecule has 2 saturated carbocycles.